The first kappa shape index (κ1) is 27.8. The Morgan fingerprint density at radius 2 is 1.83 bits per heavy atom. The minimum atomic E-state index is -1.00. The third-order valence-electron chi connectivity index (χ3n) is 6.17. The highest BCUT2D eigenvalue weighted by atomic mass is 79.9. The number of benzene rings is 2. The Balaban J connectivity index is 0.00000176. The summed E-state index contributed by atoms with van der Waals surface area (Å²) in [5, 5.41) is 9.58. The van der Waals surface area contributed by atoms with Crippen LogP contribution in [-0.4, -0.2) is 28.8 Å². The molecule has 4 rings (SSSR count). The zero-order valence-electron chi connectivity index (χ0n) is 21.3. The molecule has 6 nitrogen and oxygen atoms in total. The van der Waals surface area contributed by atoms with Crippen molar-refractivity contribution in [3.8, 4) is 11.5 Å². The van der Waals surface area contributed by atoms with Gasteiger partial charge in [0, 0.05) is 23.2 Å². The standard InChI is InChI=1S/C27H30BrNO5.C2H6/c1-18-24(29-26(33-18)20-6-3-2-4-7-20)14-15-32-22-12-10-19(11-13-22)16-25(27(30)31)34-23-9-5-8-21(28)17-23;1-2/h5,8-13,17,20,25H,2-4,6-7,14-16H2,1H3,(H,30,31);1-2H3. The fraction of sp³-hybridized carbons (Fsp3) is 0.448. The molecule has 1 saturated carbocycles. The molecule has 3 aromatic rings. The summed E-state index contributed by atoms with van der Waals surface area (Å²) in [5.74, 6) is 2.46. The summed E-state index contributed by atoms with van der Waals surface area (Å²) < 4.78 is 18.4. The lowest BCUT2D eigenvalue weighted by Gasteiger charge is -2.17. The molecular formula is C29H36BrNO5. The minimum absolute atomic E-state index is 0.254. The van der Waals surface area contributed by atoms with Crippen molar-refractivity contribution in [2.45, 2.75) is 77.7 Å². The highest BCUT2D eigenvalue weighted by molar-refractivity contribution is 9.10. The summed E-state index contributed by atoms with van der Waals surface area (Å²) in [7, 11) is 0. The van der Waals surface area contributed by atoms with Crippen LogP contribution in [0.15, 0.2) is 57.4 Å². The van der Waals surface area contributed by atoms with E-state index >= 15 is 0 Å². The predicted molar refractivity (Wildman–Crippen MR) is 144 cm³/mol. The molecule has 0 radical (unpaired) electrons. The molecule has 1 aliphatic rings. The first-order valence-electron chi connectivity index (χ1n) is 12.8. The normalized spacial score (nSPS) is 14.4. The van der Waals surface area contributed by atoms with Crippen molar-refractivity contribution in [2.24, 2.45) is 0 Å². The van der Waals surface area contributed by atoms with Gasteiger partial charge in [0.2, 0.25) is 0 Å². The molecule has 2 aromatic carbocycles. The molecule has 0 amide bonds. The fourth-order valence-electron chi connectivity index (χ4n) is 4.29. The Morgan fingerprint density at radius 1 is 1.11 bits per heavy atom. The Hall–Kier alpha value is -2.80. The summed E-state index contributed by atoms with van der Waals surface area (Å²) in [6.45, 7) is 6.47. The molecule has 1 unspecified atom stereocenters. The van der Waals surface area contributed by atoms with Crippen LogP contribution in [0, 0.1) is 6.92 Å². The fourth-order valence-corrected chi connectivity index (χ4v) is 4.67. The van der Waals surface area contributed by atoms with Gasteiger partial charge in [0.1, 0.15) is 17.3 Å². The second-order valence-electron chi connectivity index (χ2n) is 8.74. The summed E-state index contributed by atoms with van der Waals surface area (Å²) in [5.41, 5.74) is 1.82. The van der Waals surface area contributed by atoms with Crippen LogP contribution in [-0.2, 0) is 17.6 Å². The number of aromatic nitrogens is 1. The zero-order chi connectivity index (χ0) is 25.9. The minimum Gasteiger partial charge on any atom is -0.493 e. The van der Waals surface area contributed by atoms with Crippen LogP contribution in [0.3, 0.4) is 0 Å². The summed E-state index contributed by atoms with van der Waals surface area (Å²) in [6, 6.07) is 14.6. The molecule has 0 bridgehead atoms. The third kappa shape index (κ3) is 8.12. The van der Waals surface area contributed by atoms with E-state index < -0.39 is 12.1 Å². The molecule has 0 aliphatic heterocycles. The molecule has 0 saturated heterocycles. The number of carboxylic acids is 1. The molecule has 1 fully saturated rings. The van der Waals surface area contributed by atoms with Crippen LogP contribution in [0.2, 0.25) is 0 Å². The maximum atomic E-state index is 11.7. The van der Waals surface area contributed by atoms with Gasteiger partial charge in [0.05, 0.1) is 12.3 Å². The van der Waals surface area contributed by atoms with Gasteiger partial charge in [-0.3, -0.25) is 0 Å². The van der Waals surface area contributed by atoms with E-state index in [2.05, 4.69) is 15.9 Å². The highest BCUT2D eigenvalue weighted by Gasteiger charge is 2.22. The van der Waals surface area contributed by atoms with Crippen molar-refractivity contribution in [3.63, 3.8) is 0 Å². The molecule has 1 heterocycles. The number of halogens is 1. The molecule has 0 spiro atoms. The number of aryl methyl sites for hydroxylation is 1. The van der Waals surface area contributed by atoms with Gasteiger partial charge in [0.15, 0.2) is 12.0 Å². The first-order chi connectivity index (χ1) is 17.5. The Kier molecular flexibility index (Phi) is 10.9. The van der Waals surface area contributed by atoms with E-state index in [0.717, 1.165) is 33.1 Å². The van der Waals surface area contributed by atoms with Gasteiger partial charge in [-0.25, -0.2) is 9.78 Å². The monoisotopic (exact) mass is 557 g/mol. The zero-order valence-corrected chi connectivity index (χ0v) is 22.9. The summed E-state index contributed by atoms with van der Waals surface area (Å²) >= 11 is 3.37. The van der Waals surface area contributed by atoms with Crippen molar-refractivity contribution in [1.29, 1.82) is 0 Å². The maximum Gasteiger partial charge on any atom is 0.345 e. The number of carbonyl (C=O) groups is 1. The van der Waals surface area contributed by atoms with Gasteiger partial charge >= 0.3 is 5.97 Å². The van der Waals surface area contributed by atoms with E-state index in [0.29, 0.717) is 24.7 Å². The number of hydrogen-bond donors (Lipinski definition) is 1. The highest BCUT2D eigenvalue weighted by Crippen LogP contribution is 2.33. The lowest BCUT2D eigenvalue weighted by atomic mass is 9.89. The first-order valence-corrected chi connectivity index (χ1v) is 13.6. The quantitative estimate of drug-likeness (QED) is 0.277. The van der Waals surface area contributed by atoms with Gasteiger partial charge in [-0.1, -0.05) is 67.2 Å². The number of oxazole rings is 1. The Morgan fingerprint density at radius 3 is 2.50 bits per heavy atom. The number of aliphatic carboxylic acids is 1. The van der Waals surface area contributed by atoms with Gasteiger partial charge < -0.3 is 19.0 Å². The van der Waals surface area contributed by atoms with Gasteiger partial charge in [0.25, 0.3) is 0 Å². The number of ether oxygens (including phenoxy) is 2. The number of nitrogens with zero attached hydrogens (tertiary/aromatic N) is 1. The van der Waals surface area contributed by atoms with Crippen molar-refractivity contribution in [1.82, 2.24) is 4.98 Å². The third-order valence-corrected chi connectivity index (χ3v) is 6.66. The van der Waals surface area contributed by atoms with Gasteiger partial charge in [-0.05, 0) is 55.7 Å². The second-order valence-corrected chi connectivity index (χ2v) is 9.65. The smallest absolute Gasteiger partial charge is 0.345 e. The molecule has 1 N–H and O–H groups in total. The predicted octanol–water partition coefficient (Wildman–Crippen LogP) is 7.52. The van der Waals surface area contributed by atoms with E-state index in [9.17, 15) is 9.90 Å². The van der Waals surface area contributed by atoms with Gasteiger partial charge in [-0.15, -0.1) is 0 Å². The molecule has 194 valence electrons. The van der Waals surface area contributed by atoms with Crippen LogP contribution in [0.5, 0.6) is 11.5 Å². The topological polar surface area (TPSA) is 81.8 Å². The second kappa shape index (κ2) is 14.1. The van der Waals surface area contributed by atoms with Crippen LogP contribution in [0.1, 0.15) is 74.8 Å². The van der Waals surface area contributed by atoms with Crippen LogP contribution >= 0.6 is 15.9 Å². The van der Waals surface area contributed by atoms with Crippen molar-refractivity contribution >= 4 is 21.9 Å². The van der Waals surface area contributed by atoms with Crippen LogP contribution in [0.25, 0.3) is 0 Å². The lowest BCUT2D eigenvalue weighted by molar-refractivity contribution is -0.145. The Labute approximate surface area is 222 Å². The van der Waals surface area contributed by atoms with Crippen LogP contribution in [0.4, 0.5) is 0 Å². The number of carboxylic acid groups (broad SMARTS) is 1. The lowest BCUT2D eigenvalue weighted by Crippen LogP contribution is -2.29. The SMILES string of the molecule is CC.Cc1oc(C2CCCCC2)nc1CCOc1ccc(CC(Oc2cccc(Br)c2)C(=O)O)cc1. The molecule has 1 aromatic heterocycles. The van der Waals surface area contributed by atoms with Crippen LogP contribution < -0.4 is 9.47 Å². The maximum absolute atomic E-state index is 11.7. The van der Waals surface area contributed by atoms with E-state index in [-0.39, 0.29) is 6.42 Å². The average molecular weight is 559 g/mol. The summed E-state index contributed by atoms with van der Waals surface area (Å²) in [6.07, 6.45) is 6.11. The van der Waals surface area contributed by atoms with E-state index in [4.69, 9.17) is 18.9 Å². The average Bonchev–Trinajstić information content (AvgIpc) is 3.27. The molecule has 1 atom stereocenters. The van der Waals surface area contributed by atoms with Gasteiger partial charge in [-0.2, -0.15) is 0 Å². The van der Waals surface area contributed by atoms with E-state index in [1.54, 1.807) is 12.1 Å². The molecule has 7 heteroatoms. The van der Waals surface area contributed by atoms with E-state index in [1.807, 2.05) is 57.2 Å². The molecule has 36 heavy (non-hydrogen) atoms. The molecule has 1 aliphatic carbocycles. The van der Waals surface area contributed by atoms with Crippen molar-refractivity contribution in [3.05, 3.63) is 75.9 Å². The number of rotatable bonds is 10. The van der Waals surface area contributed by atoms with Crippen molar-refractivity contribution < 1.29 is 23.8 Å². The summed E-state index contributed by atoms with van der Waals surface area (Å²) in [4.78, 5) is 16.4. The van der Waals surface area contributed by atoms with E-state index in [1.165, 1.54) is 32.1 Å². The number of hydrogen-bond acceptors (Lipinski definition) is 5. The van der Waals surface area contributed by atoms with Crippen molar-refractivity contribution in [2.75, 3.05) is 6.61 Å². The largest absolute Gasteiger partial charge is 0.493 e. The Bertz CT molecular complexity index is 1090. The molecular weight excluding hydrogens is 522 g/mol.